The van der Waals surface area contributed by atoms with E-state index in [2.05, 4.69) is 21.2 Å². The quantitative estimate of drug-likeness (QED) is 0.271. The van der Waals surface area contributed by atoms with Crippen LogP contribution in [0, 0.1) is 0 Å². The Bertz CT molecular complexity index is 1340. The molecule has 0 radical (unpaired) electrons. The summed E-state index contributed by atoms with van der Waals surface area (Å²) < 4.78 is 6.45. The largest absolute Gasteiger partial charge is 0.488 e. The number of barbiturate groups is 1. The summed E-state index contributed by atoms with van der Waals surface area (Å²) in [6, 6.07) is 15.8. The monoisotopic (exact) mass is 578 g/mol. The summed E-state index contributed by atoms with van der Waals surface area (Å²) in [6.45, 7) is 0.331. The second-order valence-electron chi connectivity index (χ2n) is 7.16. The van der Waals surface area contributed by atoms with Gasteiger partial charge in [0.15, 0.2) is 0 Å². The summed E-state index contributed by atoms with van der Waals surface area (Å²) >= 11 is 21.3. The number of carbonyl (C=O) groups is 3. The molecule has 1 saturated heterocycles. The van der Waals surface area contributed by atoms with E-state index < -0.39 is 17.8 Å². The molecule has 0 bridgehead atoms. The lowest BCUT2D eigenvalue weighted by Crippen LogP contribution is -2.54. The summed E-state index contributed by atoms with van der Waals surface area (Å²) in [5.41, 5.74) is 1.46. The number of halogens is 4. The number of nitrogens with zero attached hydrogens (tertiary/aromatic N) is 1. The summed E-state index contributed by atoms with van der Waals surface area (Å²) in [6.07, 6.45) is 1.39. The predicted molar refractivity (Wildman–Crippen MR) is 135 cm³/mol. The van der Waals surface area contributed by atoms with Crippen LogP contribution in [0.5, 0.6) is 5.75 Å². The van der Waals surface area contributed by atoms with Crippen LogP contribution in [0.4, 0.5) is 10.5 Å². The Morgan fingerprint density at radius 2 is 1.65 bits per heavy atom. The molecule has 34 heavy (non-hydrogen) atoms. The van der Waals surface area contributed by atoms with Crippen LogP contribution in [0.15, 0.2) is 70.7 Å². The highest BCUT2D eigenvalue weighted by molar-refractivity contribution is 9.10. The van der Waals surface area contributed by atoms with Crippen LogP contribution in [0.2, 0.25) is 15.1 Å². The van der Waals surface area contributed by atoms with Gasteiger partial charge in [0.1, 0.15) is 17.9 Å². The van der Waals surface area contributed by atoms with Gasteiger partial charge in [-0.05, 0) is 75.6 Å². The number of ether oxygens (including phenoxy) is 1. The summed E-state index contributed by atoms with van der Waals surface area (Å²) in [5, 5.41) is 3.25. The summed E-state index contributed by atoms with van der Waals surface area (Å²) in [4.78, 5) is 38.6. The number of benzene rings is 3. The maximum atomic E-state index is 13.0. The zero-order valence-corrected chi connectivity index (χ0v) is 21.0. The molecule has 0 unspecified atom stereocenters. The van der Waals surface area contributed by atoms with Crippen molar-refractivity contribution in [2.45, 2.75) is 6.61 Å². The molecule has 1 aliphatic heterocycles. The zero-order chi connectivity index (χ0) is 24.4. The highest BCUT2D eigenvalue weighted by Gasteiger charge is 2.37. The smallest absolute Gasteiger partial charge is 0.335 e. The van der Waals surface area contributed by atoms with Gasteiger partial charge >= 0.3 is 6.03 Å². The average Bonchev–Trinajstić information content (AvgIpc) is 2.79. The molecule has 0 aliphatic carbocycles. The molecule has 0 spiro atoms. The molecular formula is C24H14BrCl3N2O4. The number of carbonyl (C=O) groups excluding carboxylic acids is 3. The zero-order valence-electron chi connectivity index (χ0n) is 17.2. The van der Waals surface area contributed by atoms with Gasteiger partial charge in [-0.15, -0.1) is 0 Å². The molecule has 0 saturated carbocycles. The number of rotatable bonds is 5. The second-order valence-corrected chi connectivity index (χ2v) is 9.27. The Labute approximate surface area is 218 Å². The number of nitrogens with one attached hydrogen (secondary N) is 1. The van der Waals surface area contributed by atoms with Crippen LogP contribution in [0.25, 0.3) is 6.08 Å². The van der Waals surface area contributed by atoms with Crippen molar-refractivity contribution in [3.05, 3.63) is 96.9 Å². The molecule has 10 heteroatoms. The van der Waals surface area contributed by atoms with Gasteiger partial charge in [0.05, 0.1) is 20.2 Å². The Morgan fingerprint density at radius 1 is 0.912 bits per heavy atom. The Hall–Kier alpha value is -2.84. The summed E-state index contributed by atoms with van der Waals surface area (Å²) in [5.74, 6) is -1.01. The highest BCUT2D eigenvalue weighted by Crippen LogP contribution is 2.31. The van der Waals surface area contributed by atoms with E-state index in [1.54, 1.807) is 30.3 Å². The van der Waals surface area contributed by atoms with Gasteiger partial charge in [-0.25, -0.2) is 9.69 Å². The fourth-order valence-electron chi connectivity index (χ4n) is 3.15. The second kappa shape index (κ2) is 10.2. The molecule has 0 aromatic heterocycles. The molecule has 4 amide bonds. The minimum absolute atomic E-state index is 0.167. The molecule has 3 aromatic carbocycles. The first kappa shape index (κ1) is 24.3. The van der Waals surface area contributed by atoms with Crippen LogP contribution in [-0.4, -0.2) is 17.8 Å². The van der Waals surface area contributed by atoms with Crippen molar-refractivity contribution in [1.29, 1.82) is 0 Å². The van der Waals surface area contributed by atoms with Crippen LogP contribution in [-0.2, 0) is 16.2 Å². The highest BCUT2D eigenvalue weighted by atomic mass is 79.9. The maximum absolute atomic E-state index is 13.0. The molecule has 3 aromatic rings. The molecular weight excluding hydrogens is 567 g/mol. The van der Waals surface area contributed by atoms with Crippen molar-refractivity contribution >= 4 is 80.3 Å². The van der Waals surface area contributed by atoms with Gasteiger partial charge in [0, 0.05) is 5.02 Å². The van der Waals surface area contributed by atoms with Crippen molar-refractivity contribution in [2.75, 3.05) is 4.90 Å². The van der Waals surface area contributed by atoms with E-state index >= 15 is 0 Å². The first-order valence-corrected chi connectivity index (χ1v) is 11.7. The van der Waals surface area contributed by atoms with Crippen LogP contribution in [0.3, 0.4) is 0 Å². The third kappa shape index (κ3) is 5.28. The SMILES string of the molecule is O=C1NC(=O)N(c2ccc(Cl)c(Cl)c2)C(=O)/C1=C/c1ccc(OCc2ccc(Cl)cc2)c(Br)c1. The number of amides is 4. The standard InChI is InChI=1S/C24H14BrCl3N2O4/c25-18-10-14(3-8-21(18)34-12-13-1-4-15(26)5-2-13)9-17-22(31)29-24(33)30(23(17)32)16-6-7-19(27)20(28)11-16/h1-11H,12H2,(H,29,31,33)/b17-9+. The van der Waals surface area contributed by atoms with Gasteiger partial charge in [-0.3, -0.25) is 14.9 Å². The fourth-order valence-corrected chi connectivity index (χ4v) is 4.08. The number of imide groups is 2. The molecule has 1 heterocycles. The normalized spacial score (nSPS) is 15.0. The Kier molecular flexibility index (Phi) is 7.28. The minimum Gasteiger partial charge on any atom is -0.488 e. The number of hydrogen-bond donors (Lipinski definition) is 1. The molecule has 1 aliphatic rings. The lowest BCUT2D eigenvalue weighted by molar-refractivity contribution is -0.122. The van der Waals surface area contributed by atoms with E-state index in [-0.39, 0.29) is 21.3 Å². The lowest BCUT2D eigenvalue weighted by atomic mass is 10.1. The maximum Gasteiger partial charge on any atom is 0.335 e. The van der Waals surface area contributed by atoms with Crippen molar-refractivity contribution in [3.63, 3.8) is 0 Å². The van der Waals surface area contributed by atoms with Gasteiger partial charge < -0.3 is 4.74 Å². The first-order chi connectivity index (χ1) is 16.2. The van der Waals surface area contributed by atoms with E-state index in [0.717, 1.165) is 10.5 Å². The van der Waals surface area contributed by atoms with Gasteiger partial charge in [-0.2, -0.15) is 0 Å². The molecule has 1 fully saturated rings. The first-order valence-electron chi connectivity index (χ1n) is 9.76. The Balaban J connectivity index is 1.56. The number of anilines is 1. The van der Waals surface area contributed by atoms with Crippen LogP contribution in [0.1, 0.15) is 11.1 Å². The van der Waals surface area contributed by atoms with E-state index in [1.807, 2.05) is 12.1 Å². The molecule has 6 nitrogen and oxygen atoms in total. The number of urea groups is 1. The third-order valence-electron chi connectivity index (χ3n) is 4.84. The average molecular weight is 581 g/mol. The molecule has 4 rings (SSSR count). The van der Waals surface area contributed by atoms with Gasteiger partial charge in [-0.1, -0.05) is 53.0 Å². The molecule has 1 N–H and O–H groups in total. The van der Waals surface area contributed by atoms with Gasteiger partial charge in [0.25, 0.3) is 11.8 Å². The fraction of sp³-hybridized carbons (Fsp3) is 0.0417. The van der Waals surface area contributed by atoms with Crippen LogP contribution < -0.4 is 15.0 Å². The third-order valence-corrected chi connectivity index (χ3v) is 6.45. The van der Waals surface area contributed by atoms with Crippen molar-refractivity contribution in [1.82, 2.24) is 5.32 Å². The summed E-state index contributed by atoms with van der Waals surface area (Å²) in [7, 11) is 0. The van der Waals surface area contributed by atoms with Crippen LogP contribution >= 0.6 is 50.7 Å². The van der Waals surface area contributed by atoms with Crippen molar-refractivity contribution in [2.24, 2.45) is 0 Å². The van der Waals surface area contributed by atoms with E-state index in [0.29, 0.717) is 27.4 Å². The van der Waals surface area contributed by atoms with Crippen molar-refractivity contribution < 1.29 is 19.1 Å². The topological polar surface area (TPSA) is 75.7 Å². The molecule has 0 atom stereocenters. The van der Waals surface area contributed by atoms with E-state index in [4.69, 9.17) is 39.5 Å². The molecule has 172 valence electrons. The van der Waals surface area contributed by atoms with E-state index in [1.165, 1.54) is 24.3 Å². The lowest BCUT2D eigenvalue weighted by Gasteiger charge is -2.26. The van der Waals surface area contributed by atoms with Crippen molar-refractivity contribution in [3.8, 4) is 5.75 Å². The minimum atomic E-state index is -0.877. The van der Waals surface area contributed by atoms with Gasteiger partial charge in [0.2, 0.25) is 0 Å². The van der Waals surface area contributed by atoms with E-state index in [9.17, 15) is 14.4 Å². The number of hydrogen-bond acceptors (Lipinski definition) is 4. The Morgan fingerprint density at radius 3 is 2.32 bits per heavy atom. The predicted octanol–water partition coefficient (Wildman–Crippen LogP) is 6.65.